The van der Waals surface area contributed by atoms with Crippen LogP contribution in [0.4, 0.5) is 0 Å². The highest BCUT2D eigenvalue weighted by atomic mass is 15.2. The molecular weight excluding hydrogens is 234 g/mol. The summed E-state index contributed by atoms with van der Waals surface area (Å²) in [5, 5.41) is 4.71. The Balaban J connectivity index is 1.90. The van der Waals surface area contributed by atoms with Gasteiger partial charge >= 0.3 is 0 Å². The second-order valence-electron chi connectivity index (χ2n) is 5.15. The van der Waals surface area contributed by atoms with Crippen LogP contribution in [-0.4, -0.2) is 36.1 Å². The number of aromatic nitrogens is 1. The molecule has 3 heteroatoms. The minimum atomic E-state index is 0.457. The van der Waals surface area contributed by atoms with E-state index in [1.807, 2.05) is 12.3 Å². The first-order valence-electron chi connectivity index (χ1n) is 7.01. The zero-order chi connectivity index (χ0) is 13.1. The van der Waals surface area contributed by atoms with Crippen LogP contribution in [0.1, 0.15) is 18.0 Å². The van der Waals surface area contributed by atoms with E-state index in [1.165, 1.54) is 16.5 Å². The van der Waals surface area contributed by atoms with Crippen molar-refractivity contribution in [1.29, 1.82) is 0 Å². The molecule has 0 unspecified atom stereocenters. The van der Waals surface area contributed by atoms with E-state index in [2.05, 4.69) is 46.0 Å². The summed E-state index contributed by atoms with van der Waals surface area (Å²) in [6.07, 6.45) is 5.05. The van der Waals surface area contributed by atoms with E-state index in [-0.39, 0.29) is 0 Å². The fourth-order valence-electron chi connectivity index (χ4n) is 2.93. The molecule has 2 N–H and O–H groups in total. The monoisotopic (exact) mass is 255 g/mol. The van der Waals surface area contributed by atoms with Gasteiger partial charge in [-0.25, -0.2) is 0 Å². The molecule has 0 aliphatic carbocycles. The molecule has 3 rings (SSSR count). The van der Waals surface area contributed by atoms with Crippen molar-refractivity contribution < 1.29 is 0 Å². The Morgan fingerprint density at radius 2 is 2.11 bits per heavy atom. The highest BCUT2D eigenvalue weighted by Crippen LogP contribution is 2.27. The van der Waals surface area contributed by atoms with Gasteiger partial charge in [-0.1, -0.05) is 12.1 Å². The molecular formula is C16H21N3. The van der Waals surface area contributed by atoms with Gasteiger partial charge in [-0.05, 0) is 35.6 Å². The van der Waals surface area contributed by atoms with Crippen molar-refractivity contribution in [2.75, 3.05) is 26.2 Å². The number of benzene rings is 1. The van der Waals surface area contributed by atoms with Gasteiger partial charge in [0.25, 0.3) is 0 Å². The summed E-state index contributed by atoms with van der Waals surface area (Å²) in [4.78, 5) is 5.81. The molecule has 1 aromatic carbocycles. The van der Waals surface area contributed by atoms with E-state index in [4.69, 9.17) is 0 Å². The predicted octanol–water partition coefficient (Wildman–Crippen LogP) is 2.69. The normalized spacial score (nSPS) is 18.5. The summed E-state index contributed by atoms with van der Waals surface area (Å²) >= 11 is 0. The number of piperazine rings is 1. The SMILES string of the molecule is C=CC[C@H](c1ccc2[nH]ccc2c1)N1CCNCC1. The van der Waals surface area contributed by atoms with Crippen LogP contribution >= 0.6 is 0 Å². The zero-order valence-corrected chi connectivity index (χ0v) is 11.2. The van der Waals surface area contributed by atoms with Gasteiger partial charge in [0.2, 0.25) is 0 Å². The Morgan fingerprint density at radius 3 is 2.89 bits per heavy atom. The molecule has 1 saturated heterocycles. The van der Waals surface area contributed by atoms with Gasteiger partial charge in [-0.2, -0.15) is 0 Å². The lowest BCUT2D eigenvalue weighted by molar-refractivity contribution is 0.174. The maximum atomic E-state index is 3.92. The molecule has 0 amide bonds. The van der Waals surface area contributed by atoms with Crippen LogP contribution in [0.2, 0.25) is 0 Å². The molecule has 1 aliphatic rings. The summed E-state index contributed by atoms with van der Waals surface area (Å²) in [5.41, 5.74) is 2.61. The molecule has 0 saturated carbocycles. The number of aromatic amines is 1. The highest BCUT2D eigenvalue weighted by Gasteiger charge is 2.21. The molecule has 1 fully saturated rings. The molecule has 19 heavy (non-hydrogen) atoms. The molecule has 1 atom stereocenters. The van der Waals surface area contributed by atoms with Gasteiger partial charge in [0.1, 0.15) is 0 Å². The highest BCUT2D eigenvalue weighted by molar-refractivity contribution is 5.80. The number of H-pyrrole nitrogens is 1. The second-order valence-corrected chi connectivity index (χ2v) is 5.15. The summed E-state index contributed by atoms with van der Waals surface area (Å²) < 4.78 is 0. The topological polar surface area (TPSA) is 31.1 Å². The average molecular weight is 255 g/mol. The van der Waals surface area contributed by atoms with Gasteiger partial charge in [-0.3, -0.25) is 4.90 Å². The lowest BCUT2D eigenvalue weighted by Gasteiger charge is -2.34. The van der Waals surface area contributed by atoms with Crippen molar-refractivity contribution in [3.05, 3.63) is 48.7 Å². The largest absolute Gasteiger partial charge is 0.361 e. The van der Waals surface area contributed by atoms with Gasteiger partial charge < -0.3 is 10.3 Å². The Morgan fingerprint density at radius 1 is 1.26 bits per heavy atom. The van der Waals surface area contributed by atoms with Crippen molar-refractivity contribution >= 4 is 10.9 Å². The lowest BCUT2D eigenvalue weighted by Crippen LogP contribution is -2.45. The average Bonchev–Trinajstić information content (AvgIpc) is 2.93. The van der Waals surface area contributed by atoms with Gasteiger partial charge in [0.05, 0.1) is 0 Å². The van der Waals surface area contributed by atoms with Crippen molar-refractivity contribution in [2.24, 2.45) is 0 Å². The van der Waals surface area contributed by atoms with E-state index < -0.39 is 0 Å². The minimum absolute atomic E-state index is 0.457. The van der Waals surface area contributed by atoms with Crippen molar-refractivity contribution in [3.8, 4) is 0 Å². The molecule has 100 valence electrons. The third-order valence-electron chi connectivity index (χ3n) is 3.94. The molecule has 2 aromatic rings. The van der Waals surface area contributed by atoms with Crippen LogP contribution in [0.25, 0.3) is 10.9 Å². The number of rotatable bonds is 4. The van der Waals surface area contributed by atoms with Crippen LogP contribution in [0, 0.1) is 0 Å². The molecule has 1 aliphatic heterocycles. The molecule has 1 aromatic heterocycles. The minimum Gasteiger partial charge on any atom is -0.361 e. The van der Waals surface area contributed by atoms with Gasteiger partial charge in [-0.15, -0.1) is 6.58 Å². The molecule has 0 bridgehead atoms. The quantitative estimate of drug-likeness (QED) is 0.823. The molecule has 3 nitrogen and oxygen atoms in total. The Kier molecular flexibility index (Phi) is 3.67. The van der Waals surface area contributed by atoms with E-state index >= 15 is 0 Å². The van der Waals surface area contributed by atoms with Crippen LogP contribution in [-0.2, 0) is 0 Å². The Hall–Kier alpha value is -1.58. The maximum absolute atomic E-state index is 3.92. The number of fused-ring (bicyclic) bond motifs is 1. The number of nitrogens with one attached hydrogen (secondary N) is 2. The first kappa shape index (κ1) is 12.5. The van der Waals surface area contributed by atoms with E-state index in [0.29, 0.717) is 6.04 Å². The third-order valence-corrected chi connectivity index (χ3v) is 3.94. The standard InChI is InChI=1S/C16H21N3/c1-2-3-16(19-10-8-17-9-11-19)14-4-5-15-13(12-14)6-7-18-15/h2,4-7,12,16-18H,1,3,8-11H2/t16-/m1/s1. The number of hydrogen-bond acceptors (Lipinski definition) is 2. The van der Waals surface area contributed by atoms with Crippen molar-refractivity contribution in [1.82, 2.24) is 15.2 Å². The Bertz CT molecular complexity index is 552. The third kappa shape index (κ3) is 2.57. The van der Waals surface area contributed by atoms with Gasteiger partial charge in [0, 0.05) is 43.9 Å². The zero-order valence-electron chi connectivity index (χ0n) is 11.2. The predicted molar refractivity (Wildman–Crippen MR) is 80.3 cm³/mol. The van der Waals surface area contributed by atoms with Crippen molar-refractivity contribution in [3.63, 3.8) is 0 Å². The lowest BCUT2D eigenvalue weighted by atomic mass is 10.00. The van der Waals surface area contributed by atoms with Crippen molar-refractivity contribution in [2.45, 2.75) is 12.5 Å². The van der Waals surface area contributed by atoms with E-state index in [9.17, 15) is 0 Å². The molecule has 2 heterocycles. The molecule has 0 radical (unpaired) electrons. The van der Waals surface area contributed by atoms with Crippen LogP contribution in [0.3, 0.4) is 0 Å². The van der Waals surface area contributed by atoms with Crippen LogP contribution in [0.5, 0.6) is 0 Å². The van der Waals surface area contributed by atoms with E-state index in [1.54, 1.807) is 0 Å². The summed E-state index contributed by atoms with van der Waals surface area (Å²) in [6, 6.07) is 9.33. The summed E-state index contributed by atoms with van der Waals surface area (Å²) in [5.74, 6) is 0. The van der Waals surface area contributed by atoms with Crippen LogP contribution in [0.15, 0.2) is 43.1 Å². The second kappa shape index (κ2) is 5.59. The number of hydrogen-bond donors (Lipinski definition) is 2. The number of nitrogens with zero attached hydrogens (tertiary/aromatic N) is 1. The smallest absolute Gasteiger partial charge is 0.0454 e. The van der Waals surface area contributed by atoms with E-state index in [0.717, 1.165) is 32.6 Å². The summed E-state index contributed by atoms with van der Waals surface area (Å²) in [7, 11) is 0. The first-order valence-corrected chi connectivity index (χ1v) is 7.01. The first-order chi connectivity index (χ1) is 9.38. The Labute approximate surface area is 114 Å². The summed E-state index contributed by atoms with van der Waals surface area (Å²) in [6.45, 7) is 8.32. The molecule has 0 spiro atoms. The fraction of sp³-hybridized carbons (Fsp3) is 0.375. The maximum Gasteiger partial charge on any atom is 0.0454 e. The fourth-order valence-corrected chi connectivity index (χ4v) is 2.93. The van der Waals surface area contributed by atoms with Crippen LogP contribution < -0.4 is 5.32 Å². The van der Waals surface area contributed by atoms with Gasteiger partial charge in [0.15, 0.2) is 0 Å².